The van der Waals surface area contributed by atoms with E-state index < -0.39 is 17.9 Å². The highest BCUT2D eigenvalue weighted by molar-refractivity contribution is 6.30. The molecule has 98 valence electrons. The first kappa shape index (κ1) is 13.2. The van der Waals surface area contributed by atoms with Crippen molar-refractivity contribution in [2.75, 3.05) is 0 Å². The highest BCUT2D eigenvalue weighted by atomic mass is 35.5. The van der Waals surface area contributed by atoms with Crippen molar-refractivity contribution in [3.8, 4) is 0 Å². The molecule has 1 atom stereocenters. The smallest absolute Gasteiger partial charge is 0.282 e. The lowest BCUT2D eigenvalue weighted by molar-refractivity contribution is -0.126. The highest BCUT2D eigenvalue weighted by Gasteiger charge is 2.35. The average molecular weight is 279 g/mol. The molecule has 2 rings (SSSR count). The molecular formula is C11H11ClN6O. The zero-order valence-corrected chi connectivity index (χ0v) is 10.8. The molecule has 0 saturated heterocycles. The fourth-order valence-corrected chi connectivity index (χ4v) is 1.71. The first-order valence-electron chi connectivity index (χ1n) is 5.38. The van der Waals surface area contributed by atoms with Gasteiger partial charge in [0.15, 0.2) is 6.04 Å². The zero-order chi connectivity index (χ0) is 14.0. The molecule has 0 bridgehead atoms. The van der Waals surface area contributed by atoms with Crippen molar-refractivity contribution in [3.63, 3.8) is 0 Å². The van der Waals surface area contributed by atoms with E-state index in [2.05, 4.69) is 15.3 Å². The number of carbonyl (C=O) groups excluding carboxylic acids is 1. The second kappa shape index (κ2) is 5.15. The van der Waals surface area contributed by atoms with Crippen LogP contribution in [0.2, 0.25) is 5.02 Å². The fraction of sp³-hybridized carbons (Fsp3) is 0.182. The molecule has 1 amide bonds. The minimum atomic E-state index is -0.845. The van der Waals surface area contributed by atoms with Gasteiger partial charge in [-0.05, 0) is 25.1 Å². The third kappa shape index (κ3) is 2.76. The number of hydrazone groups is 1. The Morgan fingerprint density at radius 1 is 1.58 bits per heavy atom. The van der Waals surface area contributed by atoms with Gasteiger partial charge in [0.2, 0.25) is 5.96 Å². The Morgan fingerprint density at radius 3 is 2.89 bits per heavy atom. The summed E-state index contributed by atoms with van der Waals surface area (Å²) in [6.07, 6.45) is 0. The number of carbonyl (C=O) groups is 1. The molecule has 0 aliphatic carbocycles. The second-order valence-electron chi connectivity index (χ2n) is 3.87. The molecule has 1 heterocycles. The first-order chi connectivity index (χ1) is 8.99. The minimum Gasteiger partial charge on any atom is -0.368 e. The Bertz CT molecular complexity index is 597. The standard InChI is InChI=1S/C11H11ClN6O/c1-6-9(10(19)18(17-6)11(13)14)16-15-8-4-2-3-7(12)5-8/h2-5,9H,1H3,(H3,13,14). The number of rotatable bonds is 2. The van der Waals surface area contributed by atoms with Gasteiger partial charge < -0.3 is 5.73 Å². The molecular weight excluding hydrogens is 268 g/mol. The van der Waals surface area contributed by atoms with Crippen LogP contribution in [0.4, 0.5) is 5.69 Å². The average Bonchev–Trinajstić information content (AvgIpc) is 2.63. The largest absolute Gasteiger partial charge is 0.368 e. The fourth-order valence-electron chi connectivity index (χ4n) is 1.52. The topological polar surface area (TPSA) is 107 Å². The number of nitrogens with one attached hydrogen (secondary N) is 1. The van der Waals surface area contributed by atoms with Gasteiger partial charge in [0.25, 0.3) is 5.91 Å². The molecule has 1 unspecified atom stereocenters. The predicted octanol–water partition coefficient (Wildman–Crippen LogP) is 1.90. The Balaban J connectivity index is 2.18. The summed E-state index contributed by atoms with van der Waals surface area (Å²) in [4.78, 5) is 11.9. The Labute approximate surface area is 114 Å². The van der Waals surface area contributed by atoms with Crippen LogP contribution in [-0.4, -0.2) is 28.6 Å². The van der Waals surface area contributed by atoms with Gasteiger partial charge in [-0.15, -0.1) is 0 Å². The van der Waals surface area contributed by atoms with Gasteiger partial charge in [-0.25, -0.2) is 0 Å². The van der Waals surface area contributed by atoms with Crippen molar-refractivity contribution in [1.82, 2.24) is 5.01 Å². The molecule has 0 saturated carbocycles. The predicted molar refractivity (Wildman–Crippen MR) is 71.6 cm³/mol. The van der Waals surface area contributed by atoms with E-state index in [0.29, 0.717) is 16.4 Å². The molecule has 0 radical (unpaired) electrons. The van der Waals surface area contributed by atoms with Crippen molar-refractivity contribution in [2.24, 2.45) is 21.1 Å². The van der Waals surface area contributed by atoms with Crippen molar-refractivity contribution in [2.45, 2.75) is 13.0 Å². The summed E-state index contributed by atoms with van der Waals surface area (Å²) in [6, 6.07) is 5.94. The van der Waals surface area contributed by atoms with E-state index in [1.807, 2.05) is 0 Å². The van der Waals surface area contributed by atoms with E-state index in [1.54, 1.807) is 31.2 Å². The van der Waals surface area contributed by atoms with Crippen molar-refractivity contribution in [1.29, 1.82) is 5.41 Å². The number of amides is 1. The Hall–Kier alpha value is -2.28. The lowest BCUT2D eigenvalue weighted by atomic mass is 10.2. The quantitative estimate of drug-likeness (QED) is 0.489. The third-order valence-corrected chi connectivity index (χ3v) is 2.66. The second-order valence-corrected chi connectivity index (χ2v) is 4.31. The van der Waals surface area contributed by atoms with Crippen LogP contribution in [0.3, 0.4) is 0 Å². The lowest BCUT2D eigenvalue weighted by Gasteiger charge is -2.08. The lowest BCUT2D eigenvalue weighted by Crippen LogP contribution is -2.38. The summed E-state index contributed by atoms with van der Waals surface area (Å²) in [5.41, 5.74) is 6.20. The van der Waals surface area contributed by atoms with Crippen LogP contribution >= 0.6 is 11.6 Å². The minimum absolute atomic E-state index is 0.436. The molecule has 0 spiro atoms. The maximum Gasteiger partial charge on any atom is 0.282 e. The third-order valence-electron chi connectivity index (χ3n) is 2.42. The van der Waals surface area contributed by atoms with Crippen LogP contribution in [-0.2, 0) is 4.79 Å². The van der Waals surface area contributed by atoms with Gasteiger partial charge in [-0.1, -0.05) is 17.7 Å². The van der Waals surface area contributed by atoms with E-state index in [1.165, 1.54) is 0 Å². The molecule has 7 nitrogen and oxygen atoms in total. The van der Waals surface area contributed by atoms with Crippen LogP contribution in [0.1, 0.15) is 6.92 Å². The van der Waals surface area contributed by atoms with Gasteiger partial charge >= 0.3 is 0 Å². The molecule has 1 aromatic carbocycles. The van der Waals surface area contributed by atoms with Crippen molar-refractivity contribution >= 4 is 34.9 Å². The summed E-state index contributed by atoms with van der Waals surface area (Å²) in [5.74, 6) is -0.930. The van der Waals surface area contributed by atoms with E-state index >= 15 is 0 Å². The number of hydrogen-bond donors (Lipinski definition) is 2. The van der Waals surface area contributed by atoms with Crippen LogP contribution in [0, 0.1) is 5.41 Å². The number of nitrogens with two attached hydrogens (primary N) is 1. The molecule has 1 aliphatic rings. The summed E-state index contributed by atoms with van der Waals surface area (Å²) >= 11 is 5.82. The van der Waals surface area contributed by atoms with Gasteiger partial charge in [-0.3, -0.25) is 10.2 Å². The monoisotopic (exact) mass is 278 g/mol. The highest BCUT2D eigenvalue weighted by Crippen LogP contribution is 2.20. The summed E-state index contributed by atoms with van der Waals surface area (Å²) in [7, 11) is 0. The van der Waals surface area contributed by atoms with Crippen LogP contribution in [0.5, 0.6) is 0 Å². The van der Waals surface area contributed by atoms with Crippen LogP contribution in [0.25, 0.3) is 0 Å². The Morgan fingerprint density at radius 2 is 2.32 bits per heavy atom. The maximum atomic E-state index is 11.9. The molecule has 19 heavy (non-hydrogen) atoms. The molecule has 0 aromatic heterocycles. The van der Waals surface area contributed by atoms with E-state index in [0.717, 1.165) is 5.01 Å². The number of guanidine groups is 1. The number of nitrogens with zero attached hydrogens (tertiary/aromatic N) is 4. The Kier molecular flexibility index (Phi) is 3.57. The van der Waals surface area contributed by atoms with E-state index in [-0.39, 0.29) is 0 Å². The molecule has 8 heteroatoms. The number of hydrogen-bond acceptors (Lipinski definition) is 5. The molecule has 1 aromatic rings. The molecule has 1 aliphatic heterocycles. The van der Waals surface area contributed by atoms with Gasteiger partial charge in [-0.2, -0.15) is 20.3 Å². The van der Waals surface area contributed by atoms with Crippen LogP contribution in [0.15, 0.2) is 39.6 Å². The maximum absolute atomic E-state index is 11.9. The number of azo groups is 1. The van der Waals surface area contributed by atoms with Gasteiger partial charge in [0.05, 0.1) is 11.4 Å². The summed E-state index contributed by atoms with van der Waals surface area (Å²) in [6.45, 7) is 1.63. The van der Waals surface area contributed by atoms with Crippen LogP contribution < -0.4 is 5.73 Å². The molecule has 0 fully saturated rings. The molecule has 3 N–H and O–H groups in total. The zero-order valence-electron chi connectivity index (χ0n) is 10.0. The van der Waals surface area contributed by atoms with Gasteiger partial charge in [0.1, 0.15) is 0 Å². The first-order valence-corrected chi connectivity index (χ1v) is 5.76. The van der Waals surface area contributed by atoms with Crippen molar-refractivity contribution < 1.29 is 4.79 Å². The summed E-state index contributed by atoms with van der Waals surface area (Å²) in [5, 5.41) is 20.3. The SMILES string of the molecule is CC1=NN(C(=N)N)C(=O)C1N=Nc1cccc(Cl)c1. The van der Waals surface area contributed by atoms with Gasteiger partial charge in [0, 0.05) is 5.02 Å². The van der Waals surface area contributed by atoms with Crippen molar-refractivity contribution in [3.05, 3.63) is 29.3 Å². The number of benzene rings is 1. The summed E-state index contributed by atoms with van der Waals surface area (Å²) < 4.78 is 0. The normalized spacial score (nSPS) is 19.1. The number of halogens is 1. The van der Waals surface area contributed by atoms with E-state index in [9.17, 15) is 4.79 Å². The van der Waals surface area contributed by atoms with E-state index in [4.69, 9.17) is 22.7 Å².